The Bertz CT molecular complexity index is 647. The lowest BCUT2D eigenvalue weighted by molar-refractivity contribution is 0.0524. The first kappa shape index (κ1) is 15.4. The topological polar surface area (TPSA) is 64.1 Å². The highest BCUT2D eigenvalue weighted by Crippen LogP contribution is 2.13. The summed E-state index contributed by atoms with van der Waals surface area (Å²) in [5.74, 6) is 0.0917. The Morgan fingerprint density at radius 1 is 1.43 bits per heavy atom. The highest BCUT2D eigenvalue weighted by Gasteiger charge is 2.12. The van der Waals surface area contributed by atoms with Crippen molar-refractivity contribution in [1.29, 1.82) is 0 Å². The van der Waals surface area contributed by atoms with Gasteiger partial charge >= 0.3 is 5.97 Å². The number of ether oxygens (including phenoxy) is 1. The Hall–Kier alpha value is -1.95. The number of halogens is 1. The van der Waals surface area contributed by atoms with Crippen molar-refractivity contribution in [3.63, 3.8) is 0 Å². The van der Waals surface area contributed by atoms with Gasteiger partial charge < -0.3 is 10.1 Å². The van der Waals surface area contributed by atoms with Gasteiger partial charge in [0, 0.05) is 17.2 Å². The average Bonchev–Trinajstić information content (AvgIpc) is 2.45. The number of hydrogen-bond acceptors (Lipinski definition) is 5. The predicted octanol–water partition coefficient (Wildman–Crippen LogP) is 3.34. The maximum atomic E-state index is 11.7. The Balaban J connectivity index is 2.05. The van der Waals surface area contributed by atoms with Crippen molar-refractivity contribution < 1.29 is 9.53 Å². The number of carbonyl (C=O) groups is 1. The van der Waals surface area contributed by atoms with Crippen LogP contribution in [0.2, 0.25) is 0 Å². The van der Waals surface area contributed by atoms with Crippen molar-refractivity contribution in [2.75, 3.05) is 11.9 Å². The molecule has 0 aliphatic rings. The van der Waals surface area contributed by atoms with Gasteiger partial charge in [0.25, 0.3) is 0 Å². The van der Waals surface area contributed by atoms with Crippen LogP contribution in [0.5, 0.6) is 0 Å². The molecule has 0 aliphatic carbocycles. The molecule has 0 aliphatic heterocycles. The van der Waals surface area contributed by atoms with Crippen LogP contribution in [0, 0.1) is 6.92 Å². The van der Waals surface area contributed by atoms with Gasteiger partial charge in [0.1, 0.15) is 0 Å². The first-order chi connectivity index (χ1) is 10.1. The van der Waals surface area contributed by atoms with Gasteiger partial charge in [0.15, 0.2) is 0 Å². The number of aromatic nitrogens is 2. The second-order valence-corrected chi connectivity index (χ2v) is 5.31. The average molecular weight is 350 g/mol. The van der Waals surface area contributed by atoms with Gasteiger partial charge in [-0.3, -0.25) is 0 Å². The minimum absolute atomic E-state index is 0.334. The molecule has 1 N–H and O–H groups in total. The van der Waals surface area contributed by atoms with Gasteiger partial charge in [0.05, 0.1) is 17.9 Å². The molecule has 2 rings (SSSR count). The van der Waals surface area contributed by atoms with E-state index < -0.39 is 5.97 Å². The van der Waals surface area contributed by atoms with E-state index in [0.717, 1.165) is 10.0 Å². The van der Waals surface area contributed by atoms with Crippen LogP contribution in [0.15, 0.2) is 34.9 Å². The fourth-order valence-electron chi connectivity index (χ4n) is 1.79. The molecule has 110 valence electrons. The molecule has 2 aromatic rings. The van der Waals surface area contributed by atoms with Gasteiger partial charge in [-0.1, -0.05) is 28.1 Å². The third kappa shape index (κ3) is 4.26. The number of aryl methyl sites for hydroxylation is 1. The molecule has 21 heavy (non-hydrogen) atoms. The summed E-state index contributed by atoms with van der Waals surface area (Å²) in [5, 5.41) is 3.13. The van der Waals surface area contributed by atoms with E-state index in [0.29, 0.717) is 30.4 Å². The smallest absolute Gasteiger partial charge is 0.341 e. The lowest BCUT2D eigenvalue weighted by Gasteiger charge is -2.08. The molecule has 0 atom stereocenters. The third-order valence-corrected chi connectivity index (χ3v) is 3.31. The van der Waals surface area contributed by atoms with E-state index >= 15 is 0 Å². The molecule has 0 spiro atoms. The van der Waals surface area contributed by atoms with Crippen LogP contribution in [0.1, 0.15) is 28.5 Å². The molecule has 0 saturated heterocycles. The largest absolute Gasteiger partial charge is 0.462 e. The second kappa shape index (κ2) is 7.17. The molecule has 0 unspecified atom stereocenters. The van der Waals surface area contributed by atoms with Crippen LogP contribution < -0.4 is 5.32 Å². The van der Waals surface area contributed by atoms with E-state index in [1.54, 1.807) is 13.8 Å². The molecule has 0 bridgehead atoms. The lowest BCUT2D eigenvalue weighted by Crippen LogP contribution is -2.11. The molecule has 1 heterocycles. The molecule has 1 aromatic carbocycles. The summed E-state index contributed by atoms with van der Waals surface area (Å²) in [6, 6.07) is 7.97. The zero-order chi connectivity index (χ0) is 15.2. The number of carbonyl (C=O) groups excluding carboxylic acids is 1. The molecular weight excluding hydrogens is 334 g/mol. The minimum Gasteiger partial charge on any atom is -0.462 e. The van der Waals surface area contributed by atoms with Gasteiger partial charge in [-0.25, -0.2) is 14.8 Å². The van der Waals surface area contributed by atoms with Gasteiger partial charge in [-0.05, 0) is 31.5 Å². The molecule has 0 fully saturated rings. The van der Waals surface area contributed by atoms with Crippen molar-refractivity contribution in [3.8, 4) is 0 Å². The first-order valence-corrected chi connectivity index (χ1v) is 7.38. The van der Waals surface area contributed by atoms with Crippen LogP contribution >= 0.6 is 15.9 Å². The van der Waals surface area contributed by atoms with E-state index in [9.17, 15) is 4.79 Å². The van der Waals surface area contributed by atoms with Crippen LogP contribution in [0.25, 0.3) is 0 Å². The molecule has 5 nitrogen and oxygen atoms in total. The monoisotopic (exact) mass is 349 g/mol. The Morgan fingerprint density at radius 3 is 2.90 bits per heavy atom. The van der Waals surface area contributed by atoms with E-state index in [4.69, 9.17) is 4.74 Å². The molecule has 0 saturated carbocycles. The molecular formula is C15H16BrN3O2. The quantitative estimate of drug-likeness (QED) is 0.838. The van der Waals surface area contributed by atoms with Crippen LogP contribution in [0.4, 0.5) is 5.95 Å². The molecule has 1 aromatic heterocycles. The van der Waals surface area contributed by atoms with Crippen molar-refractivity contribution in [2.24, 2.45) is 0 Å². The van der Waals surface area contributed by atoms with Crippen LogP contribution in [-0.4, -0.2) is 22.5 Å². The van der Waals surface area contributed by atoms with Crippen LogP contribution in [0.3, 0.4) is 0 Å². The van der Waals surface area contributed by atoms with E-state index in [-0.39, 0.29) is 0 Å². The Labute approximate surface area is 131 Å². The zero-order valence-corrected chi connectivity index (χ0v) is 13.5. The number of anilines is 1. The number of benzene rings is 1. The third-order valence-electron chi connectivity index (χ3n) is 2.81. The van der Waals surface area contributed by atoms with Crippen molar-refractivity contribution >= 4 is 27.8 Å². The summed E-state index contributed by atoms with van der Waals surface area (Å²) in [6.45, 7) is 4.47. The summed E-state index contributed by atoms with van der Waals surface area (Å²) in [5.41, 5.74) is 2.10. The van der Waals surface area contributed by atoms with Crippen LogP contribution in [-0.2, 0) is 11.3 Å². The highest BCUT2D eigenvalue weighted by molar-refractivity contribution is 9.10. The number of nitrogens with zero attached hydrogens (tertiary/aromatic N) is 2. The number of hydrogen-bond donors (Lipinski definition) is 1. The SMILES string of the molecule is CCOC(=O)c1cnc(NCc2cccc(Br)c2)nc1C. The molecule has 6 heteroatoms. The van der Waals surface area contributed by atoms with Gasteiger partial charge in [0.2, 0.25) is 5.95 Å². The summed E-state index contributed by atoms with van der Waals surface area (Å²) < 4.78 is 5.97. The minimum atomic E-state index is -0.395. The standard InChI is InChI=1S/C15H16BrN3O2/c1-3-21-14(20)13-9-18-15(19-10(13)2)17-8-11-5-4-6-12(16)7-11/h4-7,9H,3,8H2,1-2H3,(H,17,18,19). The first-order valence-electron chi connectivity index (χ1n) is 6.59. The number of nitrogens with one attached hydrogen (secondary N) is 1. The highest BCUT2D eigenvalue weighted by atomic mass is 79.9. The number of esters is 1. The van der Waals surface area contributed by atoms with Gasteiger partial charge in [-0.2, -0.15) is 0 Å². The molecule has 0 radical (unpaired) electrons. The fraction of sp³-hybridized carbons (Fsp3) is 0.267. The van der Waals surface area contributed by atoms with Gasteiger partial charge in [-0.15, -0.1) is 0 Å². The summed E-state index contributed by atoms with van der Waals surface area (Å²) in [4.78, 5) is 20.1. The lowest BCUT2D eigenvalue weighted by atomic mass is 10.2. The Kier molecular flexibility index (Phi) is 5.27. The summed E-state index contributed by atoms with van der Waals surface area (Å²) >= 11 is 3.43. The zero-order valence-electron chi connectivity index (χ0n) is 11.9. The van der Waals surface area contributed by atoms with Crippen molar-refractivity contribution in [2.45, 2.75) is 20.4 Å². The van der Waals surface area contributed by atoms with Crippen molar-refractivity contribution in [1.82, 2.24) is 9.97 Å². The fourth-order valence-corrected chi connectivity index (χ4v) is 2.24. The maximum absolute atomic E-state index is 11.7. The summed E-state index contributed by atoms with van der Waals surface area (Å²) in [6.07, 6.45) is 1.49. The van der Waals surface area contributed by atoms with E-state index in [2.05, 4.69) is 31.2 Å². The Morgan fingerprint density at radius 2 is 2.24 bits per heavy atom. The van der Waals surface area contributed by atoms with Crippen molar-refractivity contribution in [3.05, 3.63) is 51.8 Å². The summed E-state index contributed by atoms with van der Waals surface area (Å²) in [7, 11) is 0. The predicted molar refractivity (Wildman–Crippen MR) is 84.2 cm³/mol. The van der Waals surface area contributed by atoms with E-state index in [1.807, 2.05) is 24.3 Å². The maximum Gasteiger partial charge on any atom is 0.341 e. The second-order valence-electron chi connectivity index (χ2n) is 4.40. The number of rotatable bonds is 5. The van der Waals surface area contributed by atoms with E-state index in [1.165, 1.54) is 6.20 Å². The molecule has 0 amide bonds. The normalized spacial score (nSPS) is 10.2.